The highest BCUT2D eigenvalue weighted by Gasteiger charge is 2.08. The first kappa shape index (κ1) is 16.8. The quantitative estimate of drug-likeness (QED) is 0.810. The number of anilines is 1. The van der Waals surface area contributed by atoms with Crippen LogP contribution in [-0.4, -0.2) is 48.0 Å². The van der Waals surface area contributed by atoms with Gasteiger partial charge < -0.3 is 15.5 Å². The molecular formula is C16H20FN5O. The van der Waals surface area contributed by atoms with E-state index in [1.54, 1.807) is 18.2 Å². The van der Waals surface area contributed by atoms with Gasteiger partial charge in [-0.3, -0.25) is 4.79 Å². The molecule has 23 heavy (non-hydrogen) atoms. The second-order valence-electron chi connectivity index (χ2n) is 5.33. The normalized spacial score (nSPS) is 10.6. The number of carbonyl (C=O) groups is 1. The van der Waals surface area contributed by atoms with E-state index in [1.165, 1.54) is 18.5 Å². The van der Waals surface area contributed by atoms with Gasteiger partial charge >= 0.3 is 0 Å². The Bertz CT molecular complexity index is 645. The number of aromatic nitrogens is 2. The van der Waals surface area contributed by atoms with Gasteiger partial charge in [-0.2, -0.15) is 0 Å². The predicted molar refractivity (Wildman–Crippen MR) is 86.6 cm³/mol. The van der Waals surface area contributed by atoms with Gasteiger partial charge in [0.1, 0.15) is 23.7 Å². The Morgan fingerprint density at radius 2 is 1.96 bits per heavy atom. The molecule has 7 heteroatoms. The molecule has 2 N–H and O–H groups in total. The summed E-state index contributed by atoms with van der Waals surface area (Å²) in [6.07, 6.45) is 1.35. The molecule has 1 aromatic heterocycles. The number of nitrogens with zero attached hydrogens (tertiary/aromatic N) is 3. The summed E-state index contributed by atoms with van der Waals surface area (Å²) in [7, 11) is 3.96. The molecule has 6 nitrogen and oxygen atoms in total. The zero-order valence-electron chi connectivity index (χ0n) is 13.2. The minimum absolute atomic E-state index is 0.287. The van der Waals surface area contributed by atoms with Crippen molar-refractivity contribution in [2.24, 2.45) is 0 Å². The predicted octanol–water partition coefficient (Wildman–Crippen LogP) is 1.52. The highest BCUT2D eigenvalue weighted by atomic mass is 19.1. The van der Waals surface area contributed by atoms with Crippen molar-refractivity contribution in [2.75, 3.05) is 32.5 Å². The molecule has 0 unspecified atom stereocenters. The van der Waals surface area contributed by atoms with Crippen molar-refractivity contribution in [3.63, 3.8) is 0 Å². The number of benzene rings is 1. The van der Waals surface area contributed by atoms with E-state index in [9.17, 15) is 9.18 Å². The molecule has 0 aliphatic carbocycles. The smallest absolute Gasteiger partial charge is 0.270 e. The molecule has 0 fully saturated rings. The van der Waals surface area contributed by atoms with Crippen molar-refractivity contribution in [1.82, 2.24) is 20.2 Å². The van der Waals surface area contributed by atoms with E-state index in [-0.39, 0.29) is 17.4 Å². The maximum absolute atomic E-state index is 12.8. The van der Waals surface area contributed by atoms with Crippen molar-refractivity contribution >= 4 is 11.7 Å². The molecule has 1 amide bonds. The van der Waals surface area contributed by atoms with Crippen LogP contribution in [-0.2, 0) is 6.54 Å². The molecule has 0 atom stereocenters. The van der Waals surface area contributed by atoms with Crippen LogP contribution in [0, 0.1) is 5.82 Å². The summed E-state index contributed by atoms with van der Waals surface area (Å²) < 4.78 is 12.8. The van der Waals surface area contributed by atoms with E-state index < -0.39 is 0 Å². The van der Waals surface area contributed by atoms with Crippen molar-refractivity contribution < 1.29 is 9.18 Å². The first-order valence-electron chi connectivity index (χ1n) is 7.28. The molecule has 2 rings (SSSR count). The Labute approximate surface area is 134 Å². The Morgan fingerprint density at radius 1 is 1.22 bits per heavy atom. The zero-order valence-corrected chi connectivity index (χ0v) is 13.2. The average Bonchev–Trinajstić information content (AvgIpc) is 2.54. The summed E-state index contributed by atoms with van der Waals surface area (Å²) in [5.41, 5.74) is 1.10. The number of nitrogens with one attached hydrogen (secondary N) is 2. The minimum atomic E-state index is -0.302. The Balaban J connectivity index is 1.90. The van der Waals surface area contributed by atoms with Gasteiger partial charge in [0.25, 0.3) is 5.91 Å². The Morgan fingerprint density at radius 3 is 2.65 bits per heavy atom. The fourth-order valence-corrected chi connectivity index (χ4v) is 1.86. The molecule has 0 aliphatic rings. The first-order chi connectivity index (χ1) is 11.0. The third-order valence-electron chi connectivity index (χ3n) is 3.13. The average molecular weight is 317 g/mol. The van der Waals surface area contributed by atoms with Crippen LogP contribution >= 0.6 is 0 Å². The topological polar surface area (TPSA) is 70.2 Å². The van der Waals surface area contributed by atoms with E-state index in [4.69, 9.17) is 0 Å². The lowest BCUT2D eigenvalue weighted by molar-refractivity contribution is 0.0946. The summed E-state index contributed by atoms with van der Waals surface area (Å²) in [5, 5.41) is 5.89. The second kappa shape index (κ2) is 8.19. The van der Waals surface area contributed by atoms with E-state index in [2.05, 4.69) is 20.6 Å². The number of rotatable bonds is 7. The standard InChI is InChI=1S/C16H20FN5O/c1-22(2)8-7-18-15-9-14(20-11-21-15)16(23)19-10-12-3-5-13(17)6-4-12/h3-6,9,11H,7-8,10H2,1-2H3,(H,19,23)(H,18,20,21). The fourth-order valence-electron chi connectivity index (χ4n) is 1.86. The van der Waals surface area contributed by atoms with Gasteiger partial charge in [0.15, 0.2) is 0 Å². The van der Waals surface area contributed by atoms with E-state index >= 15 is 0 Å². The monoisotopic (exact) mass is 317 g/mol. The van der Waals surface area contributed by atoms with Crippen molar-refractivity contribution in [3.8, 4) is 0 Å². The molecule has 2 aromatic rings. The van der Waals surface area contributed by atoms with Gasteiger partial charge in [-0.1, -0.05) is 12.1 Å². The lowest BCUT2D eigenvalue weighted by atomic mass is 10.2. The van der Waals surface area contributed by atoms with Gasteiger partial charge in [-0.25, -0.2) is 14.4 Å². The van der Waals surface area contributed by atoms with Gasteiger partial charge in [-0.05, 0) is 31.8 Å². The van der Waals surface area contributed by atoms with Crippen LogP contribution < -0.4 is 10.6 Å². The third kappa shape index (κ3) is 5.63. The fraction of sp³-hybridized carbons (Fsp3) is 0.312. The molecule has 0 radical (unpaired) electrons. The molecule has 1 heterocycles. The molecular weight excluding hydrogens is 297 g/mol. The van der Waals surface area contributed by atoms with Crippen LogP contribution in [0.4, 0.5) is 10.2 Å². The highest BCUT2D eigenvalue weighted by Crippen LogP contribution is 2.05. The number of likely N-dealkylation sites (N-methyl/N-ethyl adjacent to an activating group) is 1. The SMILES string of the molecule is CN(C)CCNc1cc(C(=O)NCc2ccc(F)cc2)ncn1. The van der Waals surface area contributed by atoms with E-state index in [1.807, 2.05) is 19.0 Å². The number of amides is 1. The second-order valence-corrected chi connectivity index (χ2v) is 5.33. The van der Waals surface area contributed by atoms with Gasteiger partial charge in [-0.15, -0.1) is 0 Å². The Kier molecular flexibility index (Phi) is 5.99. The summed E-state index contributed by atoms with van der Waals surface area (Å²) in [6, 6.07) is 7.58. The summed E-state index contributed by atoms with van der Waals surface area (Å²) >= 11 is 0. The third-order valence-corrected chi connectivity index (χ3v) is 3.13. The molecule has 0 bridgehead atoms. The molecule has 0 saturated carbocycles. The van der Waals surface area contributed by atoms with Crippen LogP contribution in [0.15, 0.2) is 36.7 Å². The number of halogens is 1. The summed E-state index contributed by atoms with van der Waals surface area (Å²) in [5.74, 6) is 0.00508. The molecule has 0 aliphatic heterocycles. The summed E-state index contributed by atoms with van der Waals surface area (Å²) in [4.78, 5) is 22.2. The zero-order chi connectivity index (χ0) is 16.7. The summed E-state index contributed by atoms with van der Waals surface area (Å²) in [6.45, 7) is 1.89. The lowest BCUT2D eigenvalue weighted by Crippen LogP contribution is -2.24. The van der Waals surface area contributed by atoms with Crippen LogP contribution in [0.3, 0.4) is 0 Å². The molecule has 1 aromatic carbocycles. The van der Waals surface area contributed by atoms with Gasteiger partial charge in [0.05, 0.1) is 0 Å². The van der Waals surface area contributed by atoms with Gasteiger partial charge in [0.2, 0.25) is 0 Å². The van der Waals surface area contributed by atoms with Crippen LogP contribution in [0.1, 0.15) is 16.1 Å². The van der Waals surface area contributed by atoms with Crippen LogP contribution in [0.2, 0.25) is 0 Å². The molecule has 0 spiro atoms. The maximum Gasteiger partial charge on any atom is 0.270 e. The van der Waals surface area contributed by atoms with E-state index in [0.29, 0.717) is 12.4 Å². The van der Waals surface area contributed by atoms with Crippen LogP contribution in [0.5, 0.6) is 0 Å². The largest absolute Gasteiger partial charge is 0.369 e. The van der Waals surface area contributed by atoms with E-state index in [0.717, 1.165) is 18.7 Å². The Hall–Kier alpha value is -2.54. The van der Waals surface area contributed by atoms with Crippen molar-refractivity contribution in [3.05, 3.63) is 53.7 Å². The van der Waals surface area contributed by atoms with Crippen molar-refractivity contribution in [1.29, 1.82) is 0 Å². The van der Waals surface area contributed by atoms with Gasteiger partial charge in [0, 0.05) is 25.7 Å². The number of hydrogen-bond acceptors (Lipinski definition) is 5. The maximum atomic E-state index is 12.8. The van der Waals surface area contributed by atoms with Crippen LogP contribution in [0.25, 0.3) is 0 Å². The molecule has 122 valence electrons. The van der Waals surface area contributed by atoms with Crippen molar-refractivity contribution in [2.45, 2.75) is 6.54 Å². The highest BCUT2D eigenvalue weighted by molar-refractivity contribution is 5.92. The number of hydrogen-bond donors (Lipinski definition) is 2. The lowest BCUT2D eigenvalue weighted by Gasteiger charge is -2.11. The molecule has 0 saturated heterocycles. The number of carbonyl (C=O) groups excluding carboxylic acids is 1. The minimum Gasteiger partial charge on any atom is -0.369 e. The first-order valence-corrected chi connectivity index (χ1v) is 7.28.